The monoisotopic (exact) mass is 196 g/mol. The van der Waals surface area contributed by atoms with Gasteiger partial charge in [0, 0.05) is 12.0 Å². The second-order valence-electron chi connectivity index (χ2n) is 3.42. The Bertz CT molecular complexity index is 415. The van der Waals surface area contributed by atoms with Crippen molar-refractivity contribution in [2.75, 3.05) is 0 Å². The van der Waals surface area contributed by atoms with Gasteiger partial charge in [-0.1, -0.05) is 13.8 Å². The number of hydrogen-bond donors (Lipinski definition) is 1. The minimum atomic E-state index is -0.777. The number of hydrogen-bond acceptors (Lipinski definition) is 4. The van der Waals surface area contributed by atoms with Crippen LogP contribution >= 0.6 is 0 Å². The molecule has 0 bridgehead atoms. The number of aromatic hydroxyl groups is 1. The van der Waals surface area contributed by atoms with E-state index in [4.69, 9.17) is 4.42 Å². The van der Waals surface area contributed by atoms with Crippen molar-refractivity contribution in [3.8, 4) is 5.75 Å². The Morgan fingerprint density at radius 3 is 2.50 bits per heavy atom. The fraction of sp³-hybridized carbons (Fsp3) is 0.400. The Morgan fingerprint density at radius 2 is 2.07 bits per heavy atom. The molecule has 4 nitrogen and oxygen atoms in total. The van der Waals surface area contributed by atoms with Crippen molar-refractivity contribution in [1.82, 2.24) is 0 Å². The number of Topliss-reactive ketones (excluding diaryl/α,β-unsaturated/α-hetero) is 1. The van der Waals surface area contributed by atoms with Gasteiger partial charge in [0.2, 0.25) is 0 Å². The molecule has 0 aliphatic rings. The first-order valence-electron chi connectivity index (χ1n) is 4.31. The van der Waals surface area contributed by atoms with Crippen LogP contribution in [0.25, 0.3) is 0 Å². The van der Waals surface area contributed by atoms with E-state index in [-0.39, 0.29) is 23.0 Å². The zero-order valence-electron chi connectivity index (χ0n) is 8.33. The summed E-state index contributed by atoms with van der Waals surface area (Å²) in [5, 5.41) is 9.41. The highest BCUT2D eigenvalue weighted by molar-refractivity contribution is 5.99. The van der Waals surface area contributed by atoms with Crippen LogP contribution in [0.1, 0.15) is 30.0 Å². The highest BCUT2D eigenvalue weighted by Crippen LogP contribution is 2.17. The lowest BCUT2D eigenvalue weighted by Crippen LogP contribution is -2.18. The standard InChI is InChI=1S/C10H12O4/c1-5(2)9(12)8-7(11)4-6(3)14-10(8)13/h4-5,11H,1-3H3. The second-order valence-corrected chi connectivity index (χ2v) is 3.42. The maximum Gasteiger partial charge on any atom is 0.350 e. The van der Waals surface area contributed by atoms with Crippen LogP contribution in [0.4, 0.5) is 0 Å². The first kappa shape index (κ1) is 10.5. The molecule has 0 atom stereocenters. The van der Waals surface area contributed by atoms with Crippen molar-refractivity contribution in [3.05, 3.63) is 27.8 Å². The summed E-state index contributed by atoms with van der Waals surface area (Å²) in [5.41, 5.74) is -1.04. The summed E-state index contributed by atoms with van der Waals surface area (Å²) in [5.74, 6) is -0.770. The average Bonchev–Trinajstić information content (AvgIpc) is 2.01. The van der Waals surface area contributed by atoms with Gasteiger partial charge in [-0.2, -0.15) is 0 Å². The van der Waals surface area contributed by atoms with E-state index < -0.39 is 11.4 Å². The van der Waals surface area contributed by atoms with Crippen LogP contribution in [0.3, 0.4) is 0 Å². The van der Waals surface area contributed by atoms with Crippen LogP contribution in [0.15, 0.2) is 15.3 Å². The Kier molecular flexibility index (Phi) is 2.74. The molecule has 4 heteroatoms. The van der Waals surface area contributed by atoms with Gasteiger partial charge in [0.05, 0.1) is 0 Å². The molecule has 0 saturated heterocycles. The molecule has 14 heavy (non-hydrogen) atoms. The predicted molar refractivity (Wildman–Crippen MR) is 50.5 cm³/mol. The minimum absolute atomic E-state index is 0.259. The van der Waals surface area contributed by atoms with Gasteiger partial charge < -0.3 is 9.52 Å². The molecule has 0 unspecified atom stereocenters. The van der Waals surface area contributed by atoms with Gasteiger partial charge in [-0.25, -0.2) is 4.79 Å². The molecule has 0 aliphatic carbocycles. The first-order chi connectivity index (χ1) is 6.43. The first-order valence-corrected chi connectivity index (χ1v) is 4.31. The molecule has 0 aromatic carbocycles. The van der Waals surface area contributed by atoms with Crippen molar-refractivity contribution in [3.63, 3.8) is 0 Å². The Morgan fingerprint density at radius 1 is 1.50 bits per heavy atom. The molecule has 1 aromatic rings. The van der Waals surface area contributed by atoms with Crippen molar-refractivity contribution >= 4 is 5.78 Å². The predicted octanol–water partition coefficient (Wildman–Crippen LogP) is 1.49. The average molecular weight is 196 g/mol. The molecule has 0 spiro atoms. The Hall–Kier alpha value is -1.58. The summed E-state index contributed by atoms with van der Waals surface area (Å²) in [6.45, 7) is 4.84. The fourth-order valence-corrected chi connectivity index (χ4v) is 1.11. The largest absolute Gasteiger partial charge is 0.507 e. The molecule has 0 saturated carbocycles. The van der Waals surface area contributed by atoms with Crippen LogP contribution in [-0.4, -0.2) is 10.9 Å². The van der Waals surface area contributed by atoms with E-state index in [1.54, 1.807) is 13.8 Å². The van der Waals surface area contributed by atoms with Crippen LogP contribution in [-0.2, 0) is 0 Å². The zero-order chi connectivity index (χ0) is 10.9. The summed E-state index contributed by atoms with van der Waals surface area (Å²) in [7, 11) is 0. The zero-order valence-corrected chi connectivity index (χ0v) is 8.33. The molecular formula is C10H12O4. The fourth-order valence-electron chi connectivity index (χ4n) is 1.11. The maximum atomic E-state index is 11.5. The van der Waals surface area contributed by atoms with E-state index in [2.05, 4.69) is 0 Å². The van der Waals surface area contributed by atoms with Crippen molar-refractivity contribution < 1.29 is 14.3 Å². The summed E-state index contributed by atoms with van der Waals surface area (Å²) in [6, 6.07) is 1.26. The number of carbonyl (C=O) groups is 1. The van der Waals surface area contributed by atoms with Crippen LogP contribution in [0.2, 0.25) is 0 Å². The molecule has 76 valence electrons. The molecule has 1 N–H and O–H groups in total. The van der Waals surface area contributed by atoms with Crippen molar-refractivity contribution in [2.24, 2.45) is 5.92 Å². The second kappa shape index (κ2) is 3.65. The van der Waals surface area contributed by atoms with Gasteiger partial charge >= 0.3 is 5.63 Å². The third-order valence-electron chi connectivity index (χ3n) is 1.82. The smallest absolute Gasteiger partial charge is 0.350 e. The van der Waals surface area contributed by atoms with Crippen LogP contribution < -0.4 is 5.63 Å². The van der Waals surface area contributed by atoms with Crippen LogP contribution in [0.5, 0.6) is 5.75 Å². The molecule has 1 heterocycles. The highest BCUT2D eigenvalue weighted by atomic mass is 16.4. The third-order valence-corrected chi connectivity index (χ3v) is 1.82. The quantitative estimate of drug-likeness (QED) is 0.727. The molecule has 0 amide bonds. The van der Waals surface area contributed by atoms with E-state index in [1.807, 2.05) is 0 Å². The maximum absolute atomic E-state index is 11.5. The molecule has 0 fully saturated rings. The summed E-state index contributed by atoms with van der Waals surface area (Å²) >= 11 is 0. The number of rotatable bonds is 2. The van der Waals surface area contributed by atoms with Crippen molar-refractivity contribution in [1.29, 1.82) is 0 Å². The van der Waals surface area contributed by atoms with Gasteiger partial charge in [0.25, 0.3) is 0 Å². The van der Waals surface area contributed by atoms with Gasteiger partial charge in [0.1, 0.15) is 17.1 Å². The molecular weight excluding hydrogens is 184 g/mol. The minimum Gasteiger partial charge on any atom is -0.507 e. The van der Waals surface area contributed by atoms with Crippen LogP contribution in [0, 0.1) is 12.8 Å². The molecule has 0 radical (unpaired) electrons. The van der Waals surface area contributed by atoms with E-state index in [0.717, 1.165) is 0 Å². The number of aryl methyl sites for hydroxylation is 1. The summed E-state index contributed by atoms with van der Waals surface area (Å²) < 4.78 is 4.72. The lowest BCUT2D eigenvalue weighted by atomic mass is 10.0. The lowest BCUT2D eigenvalue weighted by Gasteiger charge is -2.04. The molecule has 1 rings (SSSR count). The van der Waals surface area contributed by atoms with E-state index in [1.165, 1.54) is 13.0 Å². The number of ketones is 1. The summed E-state index contributed by atoms with van der Waals surface area (Å²) in [6.07, 6.45) is 0. The van der Waals surface area contributed by atoms with Crippen molar-refractivity contribution in [2.45, 2.75) is 20.8 Å². The van der Waals surface area contributed by atoms with Gasteiger partial charge in [-0.05, 0) is 6.92 Å². The lowest BCUT2D eigenvalue weighted by molar-refractivity contribution is 0.0932. The normalized spacial score (nSPS) is 10.6. The summed E-state index contributed by atoms with van der Waals surface area (Å²) in [4.78, 5) is 22.7. The number of carbonyl (C=O) groups excluding carboxylic acids is 1. The Balaban J connectivity index is 3.36. The molecule has 1 aromatic heterocycles. The van der Waals surface area contributed by atoms with Gasteiger partial charge in [-0.3, -0.25) is 4.79 Å². The van der Waals surface area contributed by atoms with E-state index >= 15 is 0 Å². The third kappa shape index (κ3) is 1.84. The van der Waals surface area contributed by atoms with Gasteiger partial charge in [-0.15, -0.1) is 0 Å². The Labute approximate surface area is 81.2 Å². The molecule has 0 aliphatic heterocycles. The van der Waals surface area contributed by atoms with E-state index in [0.29, 0.717) is 0 Å². The topological polar surface area (TPSA) is 67.5 Å². The van der Waals surface area contributed by atoms with E-state index in [9.17, 15) is 14.7 Å². The van der Waals surface area contributed by atoms with Gasteiger partial charge in [0.15, 0.2) is 5.78 Å². The highest BCUT2D eigenvalue weighted by Gasteiger charge is 2.20. The SMILES string of the molecule is Cc1cc(O)c(C(=O)C(C)C)c(=O)o1.